The first-order chi connectivity index (χ1) is 13.9. The minimum Gasteiger partial charge on any atom is -0.623 e. The first-order valence-corrected chi connectivity index (χ1v) is 9.29. The molecular weight excluding hydrogens is 376 g/mol. The van der Waals surface area contributed by atoms with Gasteiger partial charge in [0.15, 0.2) is 6.04 Å². The van der Waals surface area contributed by atoms with Gasteiger partial charge in [0, 0.05) is 25.6 Å². The van der Waals surface area contributed by atoms with Crippen LogP contribution < -0.4 is 4.90 Å². The second-order valence-corrected chi connectivity index (χ2v) is 6.12. The molecule has 2 rings (SSSR count). The SMILES string of the molecule is CCOC(=O)/C=C/CC(/C=C/C(=O)OCC)/[N+]([O-])=C1/C(=O)N(C)c2ccccc21. The number of carbonyl (C=O) groups is 3. The minimum atomic E-state index is -0.899. The van der Waals surface area contributed by atoms with Crippen LogP contribution in [0.4, 0.5) is 5.69 Å². The van der Waals surface area contributed by atoms with Crippen LogP contribution in [0.1, 0.15) is 25.8 Å². The number of hydrogen-bond donors (Lipinski definition) is 0. The maximum atomic E-state index is 13.1. The second-order valence-electron chi connectivity index (χ2n) is 6.12. The topological polar surface area (TPSA) is 99.0 Å². The highest BCUT2D eigenvalue weighted by atomic mass is 16.5. The van der Waals surface area contributed by atoms with Gasteiger partial charge >= 0.3 is 17.8 Å². The lowest BCUT2D eigenvalue weighted by Crippen LogP contribution is -2.34. The zero-order valence-electron chi connectivity index (χ0n) is 16.7. The fraction of sp³-hybridized carbons (Fsp3) is 0.333. The van der Waals surface area contributed by atoms with E-state index in [0.717, 1.165) is 6.08 Å². The van der Waals surface area contributed by atoms with Crippen LogP contribution in [0.3, 0.4) is 0 Å². The number of rotatable bonds is 8. The van der Waals surface area contributed by atoms with Crippen molar-refractivity contribution in [3.63, 3.8) is 0 Å². The molecule has 0 spiro atoms. The predicted octanol–water partition coefficient (Wildman–Crippen LogP) is 1.96. The average molecular weight is 400 g/mol. The molecule has 0 N–H and O–H groups in total. The largest absolute Gasteiger partial charge is 0.623 e. The Balaban J connectivity index is 2.39. The number of esters is 2. The van der Waals surface area contributed by atoms with Gasteiger partial charge in [-0.1, -0.05) is 18.2 Å². The van der Waals surface area contributed by atoms with E-state index < -0.39 is 23.9 Å². The lowest BCUT2D eigenvalue weighted by atomic mass is 10.1. The van der Waals surface area contributed by atoms with Crippen LogP contribution in [0.15, 0.2) is 48.6 Å². The first kappa shape index (κ1) is 21.9. The number of anilines is 1. The Morgan fingerprint density at radius 2 is 1.76 bits per heavy atom. The van der Waals surface area contributed by atoms with Crippen molar-refractivity contribution in [1.29, 1.82) is 0 Å². The number of para-hydroxylation sites is 1. The molecule has 1 amide bonds. The van der Waals surface area contributed by atoms with Crippen LogP contribution in [0.2, 0.25) is 0 Å². The molecule has 0 fully saturated rings. The molecule has 0 saturated carbocycles. The van der Waals surface area contributed by atoms with Gasteiger partial charge in [0.2, 0.25) is 0 Å². The summed E-state index contributed by atoms with van der Waals surface area (Å²) in [6.45, 7) is 3.79. The van der Waals surface area contributed by atoms with Crippen molar-refractivity contribution >= 4 is 29.2 Å². The number of carbonyl (C=O) groups excluding carboxylic acids is 3. The standard InChI is InChI=1S/C21H24N2O6/c1-4-28-18(24)12-8-9-15(13-14-19(25)29-5-2)23(27)20-16-10-6-7-11-17(16)22(3)21(20)26/h6-8,10-15H,4-5,9H2,1-3H3/b12-8+,14-13+,23-20-. The number of amides is 1. The van der Waals surface area contributed by atoms with Gasteiger partial charge in [0.1, 0.15) is 0 Å². The van der Waals surface area contributed by atoms with E-state index in [2.05, 4.69) is 0 Å². The van der Waals surface area contributed by atoms with Gasteiger partial charge in [-0.15, -0.1) is 0 Å². The smallest absolute Gasteiger partial charge is 0.330 e. The number of likely N-dealkylation sites (N-methyl/N-ethyl adjacent to an activating group) is 1. The fourth-order valence-corrected chi connectivity index (χ4v) is 2.86. The van der Waals surface area contributed by atoms with Crippen LogP contribution >= 0.6 is 0 Å². The third-order valence-corrected chi connectivity index (χ3v) is 4.21. The summed E-state index contributed by atoms with van der Waals surface area (Å²) in [4.78, 5) is 37.2. The van der Waals surface area contributed by atoms with Crippen LogP contribution in [-0.2, 0) is 23.9 Å². The maximum Gasteiger partial charge on any atom is 0.330 e. The molecule has 154 valence electrons. The van der Waals surface area contributed by atoms with Crippen LogP contribution in [-0.4, -0.2) is 54.6 Å². The Hall–Kier alpha value is -3.42. The molecular formula is C21H24N2O6. The normalized spacial score (nSPS) is 16.2. The summed E-state index contributed by atoms with van der Waals surface area (Å²) >= 11 is 0. The van der Waals surface area contributed by atoms with Crippen molar-refractivity contribution in [2.24, 2.45) is 0 Å². The predicted molar refractivity (Wildman–Crippen MR) is 108 cm³/mol. The Labute approximate surface area is 169 Å². The molecule has 1 unspecified atom stereocenters. The van der Waals surface area contributed by atoms with E-state index in [1.54, 1.807) is 45.2 Å². The highest BCUT2D eigenvalue weighted by Crippen LogP contribution is 2.28. The third-order valence-electron chi connectivity index (χ3n) is 4.21. The highest BCUT2D eigenvalue weighted by molar-refractivity contribution is 6.52. The van der Waals surface area contributed by atoms with E-state index in [0.29, 0.717) is 16.0 Å². The first-order valence-electron chi connectivity index (χ1n) is 9.29. The number of ether oxygens (including phenoxy) is 2. The van der Waals surface area contributed by atoms with E-state index in [-0.39, 0.29) is 25.3 Å². The molecule has 8 nitrogen and oxygen atoms in total. The van der Waals surface area contributed by atoms with E-state index in [1.165, 1.54) is 23.1 Å². The van der Waals surface area contributed by atoms with Gasteiger partial charge in [-0.25, -0.2) is 9.59 Å². The Kier molecular flexibility index (Phi) is 7.70. The molecule has 1 aliphatic rings. The van der Waals surface area contributed by atoms with E-state index in [4.69, 9.17) is 9.47 Å². The van der Waals surface area contributed by atoms with Gasteiger partial charge < -0.3 is 19.6 Å². The van der Waals surface area contributed by atoms with Crippen molar-refractivity contribution in [3.8, 4) is 0 Å². The van der Waals surface area contributed by atoms with Crippen molar-refractivity contribution in [3.05, 3.63) is 59.3 Å². The van der Waals surface area contributed by atoms with Crippen molar-refractivity contribution in [2.75, 3.05) is 25.2 Å². The zero-order valence-corrected chi connectivity index (χ0v) is 16.7. The lowest BCUT2D eigenvalue weighted by molar-refractivity contribution is -0.485. The summed E-state index contributed by atoms with van der Waals surface area (Å²) in [7, 11) is 1.59. The van der Waals surface area contributed by atoms with Gasteiger partial charge in [0.25, 0.3) is 5.71 Å². The minimum absolute atomic E-state index is 0.0221. The van der Waals surface area contributed by atoms with Crippen molar-refractivity contribution < 1.29 is 28.6 Å². The summed E-state index contributed by atoms with van der Waals surface area (Å²) < 4.78 is 10.2. The van der Waals surface area contributed by atoms with Gasteiger partial charge in [-0.05, 0) is 32.1 Å². The molecule has 0 aromatic heterocycles. The highest BCUT2D eigenvalue weighted by Gasteiger charge is 2.38. The second kappa shape index (κ2) is 10.2. The Morgan fingerprint density at radius 1 is 1.14 bits per heavy atom. The van der Waals surface area contributed by atoms with E-state index in [9.17, 15) is 19.6 Å². The van der Waals surface area contributed by atoms with Gasteiger partial charge in [-0.3, -0.25) is 4.79 Å². The fourth-order valence-electron chi connectivity index (χ4n) is 2.86. The Bertz CT molecular complexity index is 872. The van der Waals surface area contributed by atoms with Gasteiger partial charge in [-0.2, -0.15) is 4.74 Å². The van der Waals surface area contributed by atoms with Crippen LogP contribution in [0.25, 0.3) is 0 Å². The molecule has 29 heavy (non-hydrogen) atoms. The molecule has 0 radical (unpaired) electrons. The van der Waals surface area contributed by atoms with E-state index >= 15 is 0 Å². The summed E-state index contributed by atoms with van der Waals surface area (Å²) in [5.74, 6) is -1.57. The number of hydrogen-bond acceptors (Lipinski definition) is 6. The molecule has 1 aliphatic heterocycles. The number of hydroxylamine groups is 1. The number of nitrogens with zero attached hydrogens (tertiary/aromatic N) is 2. The summed E-state index contributed by atoms with van der Waals surface area (Å²) in [6, 6.07) is 6.06. The molecule has 0 bridgehead atoms. The number of benzene rings is 1. The monoisotopic (exact) mass is 400 g/mol. The summed E-state index contributed by atoms with van der Waals surface area (Å²) in [5.41, 5.74) is 1.12. The Morgan fingerprint density at radius 3 is 2.41 bits per heavy atom. The van der Waals surface area contributed by atoms with E-state index in [1.807, 2.05) is 0 Å². The van der Waals surface area contributed by atoms with Crippen LogP contribution in [0, 0.1) is 5.21 Å². The molecule has 1 heterocycles. The molecule has 1 aromatic carbocycles. The van der Waals surface area contributed by atoms with Gasteiger partial charge in [0.05, 0.1) is 24.5 Å². The lowest BCUT2D eigenvalue weighted by Gasteiger charge is -2.14. The number of fused-ring (bicyclic) bond motifs is 1. The summed E-state index contributed by atoms with van der Waals surface area (Å²) in [6.07, 6.45) is 5.28. The van der Waals surface area contributed by atoms with Crippen molar-refractivity contribution in [1.82, 2.24) is 0 Å². The quantitative estimate of drug-likeness (QED) is 0.217. The molecule has 1 atom stereocenters. The van der Waals surface area contributed by atoms with Crippen LogP contribution in [0.5, 0.6) is 0 Å². The third kappa shape index (κ3) is 5.31. The maximum absolute atomic E-state index is 13.1. The molecule has 0 aliphatic carbocycles. The zero-order chi connectivity index (χ0) is 21.4. The average Bonchev–Trinajstić information content (AvgIpc) is 2.95. The molecule has 8 heteroatoms. The molecule has 0 saturated heterocycles. The van der Waals surface area contributed by atoms with Crippen molar-refractivity contribution in [2.45, 2.75) is 26.3 Å². The molecule has 1 aromatic rings. The summed E-state index contributed by atoms with van der Waals surface area (Å²) in [5, 5.41) is 13.1.